The van der Waals surface area contributed by atoms with E-state index in [-0.39, 0.29) is 5.82 Å². The zero-order valence-corrected chi connectivity index (χ0v) is 10.1. The molecule has 0 radical (unpaired) electrons. The van der Waals surface area contributed by atoms with Crippen LogP contribution in [0.25, 0.3) is 0 Å². The largest absolute Gasteiger partial charge is 0.369 e. The third-order valence-electron chi connectivity index (χ3n) is 1.76. The average Bonchev–Trinajstić information content (AvgIpc) is 2.25. The summed E-state index contributed by atoms with van der Waals surface area (Å²) in [6, 6.07) is 6.26. The van der Waals surface area contributed by atoms with Crippen molar-refractivity contribution < 1.29 is 4.39 Å². The molecule has 0 spiro atoms. The fourth-order valence-electron chi connectivity index (χ4n) is 0.993. The van der Waals surface area contributed by atoms with Crippen LogP contribution in [0, 0.1) is 5.82 Å². The molecule has 0 aliphatic carbocycles. The minimum Gasteiger partial charge on any atom is -0.369 e. The highest BCUT2D eigenvalue weighted by molar-refractivity contribution is 7.80. The van der Waals surface area contributed by atoms with Crippen LogP contribution in [0.4, 0.5) is 4.39 Å². The highest BCUT2D eigenvalue weighted by Gasteiger charge is 1.95. The Kier molecular flexibility index (Phi) is 4.85. The van der Waals surface area contributed by atoms with Crippen LogP contribution in [0.3, 0.4) is 0 Å². The first-order valence-electron chi connectivity index (χ1n) is 4.81. The molecule has 0 saturated heterocycles. The van der Waals surface area contributed by atoms with Gasteiger partial charge in [-0.3, -0.25) is 0 Å². The molecule has 0 heterocycles. The molecule has 0 aliphatic heterocycles. The maximum Gasteiger partial charge on any atom is 0.194 e. The topological polar surface area (TPSA) is 27.6 Å². The van der Waals surface area contributed by atoms with Crippen molar-refractivity contribution in [1.29, 1.82) is 0 Å². The van der Waals surface area contributed by atoms with Gasteiger partial charge in [-0.05, 0) is 29.9 Å². The summed E-state index contributed by atoms with van der Waals surface area (Å²) in [5, 5.41) is 3.37. The average molecular weight is 239 g/mol. The summed E-state index contributed by atoms with van der Waals surface area (Å²) in [7, 11) is 3.73. The number of rotatable bonds is 3. The molecular weight excluding hydrogens is 225 g/mol. The van der Waals surface area contributed by atoms with Crippen molar-refractivity contribution in [3.8, 4) is 0 Å². The van der Waals surface area contributed by atoms with Crippen molar-refractivity contribution in [1.82, 2.24) is 10.2 Å². The minimum atomic E-state index is -0.239. The molecule has 1 N–H and O–H groups in total. The fourth-order valence-corrected chi connectivity index (χ4v) is 1.11. The Morgan fingerprint density at radius 2 is 2.06 bits per heavy atom. The molecule has 0 bridgehead atoms. The molecule has 0 saturated carbocycles. The van der Waals surface area contributed by atoms with E-state index in [0.717, 1.165) is 5.56 Å². The van der Waals surface area contributed by atoms with Gasteiger partial charge >= 0.3 is 0 Å². The molecule has 0 aromatic heterocycles. The normalized spacial score (nSPS) is 10.4. The van der Waals surface area contributed by atoms with Crippen LogP contribution < -0.4 is 5.32 Å². The van der Waals surface area contributed by atoms with Gasteiger partial charge in [0.2, 0.25) is 0 Å². The van der Waals surface area contributed by atoms with Crippen molar-refractivity contribution in [2.75, 3.05) is 14.1 Å². The lowest BCUT2D eigenvalue weighted by atomic mass is 10.2. The maximum atomic E-state index is 12.6. The minimum absolute atomic E-state index is 0.239. The zero-order valence-electron chi connectivity index (χ0n) is 9.27. The van der Waals surface area contributed by atoms with E-state index in [1.165, 1.54) is 12.1 Å². The maximum absolute atomic E-state index is 12.6. The molecular formula is C11H14FN3S. The Morgan fingerprint density at radius 1 is 1.44 bits per heavy atom. The lowest BCUT2D eigenvalue weighted by molar-refractivity contribution is 0.626. The molecule has 0 fully saturated rings. The van der Waals surface area contributed by atoms with Crippen LogP contribution in [0.15, 0.2) is 29.3 Å². The Balaban J connectivity index is 2.40. The van der Waals surface area contributed by atoms with Crippen LogP contribution in [0.1, 0.15) is 5.56 Å². The fraction of sp³-hybridized carbons (Fsp3) is 0.273. The van der Waals surface area contributed by atoms with Gasteiger partial charge in [0.1, 0.15) is 5.82 Å². The number of thiocarbonyl (C=S) groups is 1. The van der Waals surface area contributed by atoms with E-state index in [1.54, 1.807) is 23.4 Å². The monoisotopic (exact) mass is 239 g/mol. The van der Waals surface area contributed by atoms with Gasteiger partial charge in [0.05, 0.1) is 6.34 Å². The lowest BCUT2D eigenvalue weighted by Gasteiger charge is -2.05. The number of aliphatic imine (C=N–C) groups is 1. The summed E-state index contributed by atoms with van der Waals surface area (Å²) in [6.07, 6.45) is 1.62. The van der Waals surface area contributed by atoms with Gasteiger partial charge in [-0.2, -0.15) is 0 Å². The Bertz CT molecular complexity index is 373. The van der Waals surface area contributed by atoms with Gasteiger partial charge in [0, 0.05) is 20.6 Å². The number of nitrogens with one attached hydrogen (secondary N) is 1. The molecule has 16 heavy (non-hydrogen) atoms. The van der Waals surface area contributed by atoms with Crippen molar-refractivity contribution >= 4 is 23.7 Å². The van der Waals surface area contributed by atoms with Crippen LogP contribution in [-0.2, 0) is 6.54 Å². The van der Waals surface area contributed by atoms with E-state index in [0.29, 0.717) is 11.7 Å². The molecule has 1 aromatic rings. The highest BCUT2D eigenvalue weighted by atomic mass is 32.1. The molecule has 0 amide bonds. The molecule has 1 aromatic carbocycles. The smallest absolute Gasteiger partial charge is 0.194 e. The quantitative estimate of drug-likeness (QED) is 0.495. The summed E-state index contributed by atoms with van der Waals surface area (Å²) in [5.41, 5.74) is 0.962. The first kappa shape index (κ1) is 12.6. The van der Waals surface area contributed by atoms with Gasteiger partial charge < -0.3 is 10.2 Å². The van der Waals surface area contributed by atoms with Crippen LogP contribution in [-0.4, -0.2) is 30.4 Å². The van der Waals surface area contributed by atoms with Gasteiger partial charge in [-0.25, -0.2) is 9.38 Å². The molecule has 5 heteroatoms. The molecule has 1 rings (SSSR count). The van der Waals surface area contributed by atoms with Crippen LogP contribution in [0.2, 0.25) is 0 Å². The first-order chi connectivity index (χ1) is 7.58. The molecule has 0 unspecified atom stereocenters. The van der Waals surface area contributed by atoms with Gasteiger partial charge in [0.15, 0.2) is 5.11 Å². The Morgan fingerprint density at radius 3 is 2.62 bits per heavy atom. The van der Waals surface area contributed by atoms with E-state index in [4.69, 9.17) is 12.2 Å². The number of hydrogen-bond donors (Lipinski definition) is 1. The third-order valence-corrected chi connectivity index (χ3v) is 2.01. The van der Waals surface area contributed by atoms with E-state index in [1.807, 2.05) is 14.1 Å². The van der Waals surface area contributed by atoms with Crippen molar-refractivity contribution in [2.45, 2.75) is 6.54 Å². The van der Waals surface area contributed by atoms with Crippen LogP contribution >= 0.6 is 12.2 Å². The molecule has 0 aliphatic rings. The summed E-state index contributed by atoms with van der Waals surface area (Å²) < 4.78 is 12.6. The lowest BCUT2D eigenvalue weighted by Crippen LogP contribution is -2.20. The van der Waals surface area contributed by atoms with Crippen molar-refractivity contribution in [3.05, 3.63) is 35.6 Å². The zero-order chi connectivity index (χ0) is 12.0. The van der Waals surface area contributed by atoms with Gasteiger partial charge in [-0.1, -0.05) is 12.1 Å². The number of benzene rings is 1. The van der Waals surface area contributed by atoms with E-state index >= 15 is 0 Å². The molecule has 0 atom stereocenters. The predicted octanol–water partition coefficient (Wildman–Crippen LogP) is 1.79. The Labute approximate surface area is 100.0 Å². The van der Waals surface area contributed by atoms with E-state index in [9.17, 15) is 4.39 Å². The van der Waals surface area contributed by atoms with Crippen LogP contribution in [0.5, 0.6) is 0 Å². The molecule has 86 valence electrons. The van der Waals surface area contributed by atoms with E-state index in [2.05, 4.69) is 10.3 Å². The van der Waals surface area contributed by atoms with E-state index < -0.39 is 0 Å². The number of nitrogens with zero attached hydrogens (tertiary/aromatic N) is 2. The number of hydrogen-bond acceptors (Lipinski definition) is 1. The summed E-state index contributed by atoms with van der Waals surface area (Å²) in [5.74, 6) is -0.239. The first-order valence-corrected chi connectivity index (χ1v) is 5.21. The van der Waals surface area contributed by atoms with Crippen molar-refractivity contribution in [3.63, 3.8) is 0 Å². The standard InChI is InChI=1S/C11H14FN3S/c1-15(2)8-14-11(16)13-7-9-3-5-10(12)6-4-9/h3-6,8H,7H2,1-2H3,(H,13,16)/b14-8+. The summed E-state index contributed by atoms with van der Waals surface area (Å²) >= 11 is 4.99. The highest BCUT2D eigenvalue weighted by Crippen LogP contribution is 2.01. The predicted molar refractivity (Wildman–Crippen MR) is 68.0 cm³/mol. The van der Waals surface area contributed by atoms with Crippen molar-refractivity contribution in [2.24, 2.45) is 4.99 Å². The SMILES string of the molecule is CN(C)/C=N/C(=S)NCc1ccc(F)cc1. The second-order valence-corrected chi connectivity index (χ2v) is 3.88. The third kappa shape index (κ3) is 4.84. The Hall–Kier alpha value is -1.49. The van der Waals surface area contributed by atoms with Gasteiger partial charge in [0.25, 0.3) is 0 Å². The second kappa shape index (κ2) is 6.17. The summed E-state index contributed by atoms with van der Waals surface area (Å²) in [6.45, 7) is 0.546. The second-order valence-electron chi connectivity index (χ2n) is 3.49. The number of halogens is 1. The summed E-state index contributed by atoms with van der Waals surface area (Å²) in [4.78, 5) is 5.80. The van der Waals surface area contributed by atoms with Gasteiger partial charge in [-0.15, -0.1) is 0 Å². The molecule has 3 nitrogen and oxygen atoms in total.